The zero-order chi connectivity index (χ0) is 15.1. The van der Waals surface area contributed by atoms with Gasteiger partial charge in [0.1, 0.15) is 0 Å². The van der Waals surface area contributed by atoms with Crippen molar-refractivity contribution in [2.24, 2.45) is 5.41 Å². The Kier molecular flexibility index (Phi) is 4.76. The number of rotatable bonds is 3. The third kappa shape index (κ3) is 3.50. The molecule has 0 radical (unpaired) electrons. The molecule has 0 saturated carbocycles. The summed E-state index contributed by atoms with van der Waals surface area (Å²) >= 11 is 0. The standard InChI is InChI=1S/C16H32O2Si/c1-12-13(11-17)16(5,6)10-9-14(12)18-19(7,8)15(2,3)4/h14,17H,9-11H2,1-8H3. The number of aliphatic hydroxyl groups is 1. The molecule has 1 N–H and O–H groups in total. The molecule has 0 aromatic rings. The van der Waals surface area contributed by atoms with E-state index in [1.165, 1.54) is 11.1 Å². The van der Waals surface area contributed by atoms with Crippen LogP contribution in [-0.2, 0) is 4.43 Å². The van der Waals surface area contributed by atoms with Gasteiger partial charge in [-0.05, 0) is 54.5 Å². The molecule has 1 rings (SSSR count). The normalized spacial score (nSPS) is 24.8. The number of hydrogen-bond donors (Lipinski definition) is 1. The Morgan fingerprint density at radius 2 is 1.84 bits per heavy atom. The van der Waals surface area contributed by atoms with Crippen LogP contribution >= 0.6 is 0 Å². The molecular formula is C16H32O2Si. The van der Waals surface area contributed by atoms with Crippen molar-refractivity contribution in [2.75, 3.05) is 6.61 Å². The summed E-state index contributed by atoms with van der Waals surface area (Å²) in [5.74, 6) is 0. The first-order chi connectivity index (χ1) is 8.42. The Morgan fingerprint density at radius 3 is 2.26 bits per heavy atom. The second-order valence-corrected chi connectivity index (χ2v) is 12.9. The van der Waals surface area contributed by atoms with E-state index in [0.29, 0.717) is 0 Å². The molecule has 0 aromatic carbocycles. The van der Waals surface area contributed by atoms with E-state index in [9.17, 15) is 5.11 Å². The smallest absolute Gasteiger partial charge is 0.192 e. The largest absolute Gasteiger partial charge is 0.410 e. The zero-order valence-electron chi connectivity index (χ0n) is 14.1. The highest BCUT2D eigenvalue weighted by Gasteiger charge is 2.41. The summed E-state index contributed by atoms with van der Waals surface area (Å²) in [4.78, 5) is 0. The van der Waals surface area contributed by atoms with E-state index in [0.717, 1.165) is 12.8 Å². The van der Waals surface area contributed by atoms with Crippen LogP contribution in [0.3, 0.4) is 0 Å². The topological polar surface area (TPSA) is 29.5 Å². The van der Waals surface area contributed by atoms with Crippen LogP contribution < -0.4 is 0 Å². The molecule has 1 unspecified atom stereocenters. The van der Waals surface area contributed by atoms with Crippen LogP contribution in [0.2, 0.25) is 18.1 Å². The Labute approximate surface area is 120 Å². The van der Waals surface area contributed by atoms with Gasteiger partial charge in [0.05, 0.1) is 12.7 Å². The van der Waals surface area contributed by atoms with Gasteiger partial charge < -0.3 is 9.53 Å². The van der Waals surface area contributed by atoms with Gasteiger partial charge in [0, 0.05) is 0 Å². The summed E-state index contributed by atoms with van der Waals surface area (Å²) in [6, 6.07) is 0. The van der Waals surface area contributed by atoms with Crippen LogP contribution in [0.4, 0.5) is 0 Å². The summed E-state index contributed by atoms with van der Waals surface area (Å²) < 4.78 is 6.55. The average Bonchev–Trinajstić information content (AvgIpc) is 2.21. The monoisotopic (exact) mass is 284 g/mol. The summed E-state index contributed by atoms with van der Waals surface area (Å²) in [6.07, 6.45) is 2.38. The Hall–Kier alpha value is -0.123. The van der Waals surface area contributed by atoms with Gasteiger partial charge in [-0.1, -0.05) is 34.6 Å². The third-order valence-electron chi connectivity index (χ3n) is 5.21. The third-order valence-corrected chi connectivity index (χ3v) is 9.69. The molecule has 19 heavy (non-hydrogen) atoms. The summed E-state index contributed by atoms with van der Waals surface area (Å²) in [6.45, 7) is 18.2. The van der Waals surface area contributed by atoms with E-state index in [1.807, 2.05) is 0 Å². The minimum atomic E-state index is -1.74. The molecule has 1 aliphatic carbocycles. The van der Waals surface area contributed by atoms with Crippen molar-refractivity contribution in [1.82, 2.24) is 0 Å². The lowest BCUT2D eigenvalue weighted by Crippen LogP contribution is -2.46. The van der Waals surface area contributed by atoms with Gasteiger partial charge in [-0.2, -0.15) is 0 Å². The van der Waals surface area contributed by atoms with Gasteiger partial charge in [-0.25, -0.2) is 0 Å². The van der Waals surface area contributed by atoms with E-state index in [1.54, 1.807) is 0 Å². The second-order valence-electron chi connectivity index (χ2n) is 8.11. The summed E-state index contributed by atoms with van der Waals surface area (Å²) in [7, 11) is -1.74. The molecule has 1 atom stereocenters. The van der Waals surface area contributed by atoms with Crippen molar-refractivity contribution in [3.63, 3.8) is 0 Å². The first-order valence-corrected chi connectivity index (χ1v) is 10.3. The average molecular weight is 285 g/mol. The van der Waals surface area contributed by atoms with E-state index >= 15 is 0 Å². The molecule has 0 spiro atoms. The highest BCUT2D eigenvalue weighted by Crippen LogP contribution is 2.44. The van der Waals surface area contributed by atoms with Crippen molar-refractivity contribution in [3.8, 4) is 0 Å². The summed E-state index contributed by atoms with van der Waals surface area (Å²) in [5.41, 5.74) is 2.57. The Balaban J connectivity index is 2.99. The minimum Gasteiger partial charge on any atom is -0.410 e. The second kappa shape index (κ2) is 5.34. The van der Waals surface area contributed by atoms with Gasteiger partial charge in [0.15, 0.2) is 8.32 Å². The fourth-order valence-electron chi connectivity index (χ4n) is 2.61. The predicted molar refractivity (Wildman–Crippen MR) is 84.9 cm³/mol. The molecule has 1 aliphatic rings. The fraction of sp³-hybridized carbons (Fsp3) is 0.875. The van der Waals surface area contributed by atoms with Gasteiger partial charge in [0.2, 0.25) is 0 Å². The van der Waals surface area contributed by atoms with Gasteiger partial charge in [-0.3, -0.25) is 0 Å². The SMILES string of the molecule is CC1=C(CO)C(C)(C)CCC1O[Si](C)(C)C(C)(C)C. The lowest BCUT2D eigenvalue weighted by molar-refractivity contribution is 0.155. The van der Waals surface area contributed by atoms with Crippen LogP contribution in [-0.4, -0.2) is 26.1 Å². The van der Waals surface area contributed by atoms with Gasteiger partial charge in [-0.15, -0.1) is 0 Å². The first-order valence-electron chi connectivity index (χ1n) is 7.41. The van der Waals surface area contributed by atoms with Gasteiger partial charge >= 0.3 is 0 Å². The highest BCUT2D eigenvalue weighted by atomic mass is 28.4. The van der Waals surface area contributed by atoms with E-state index in [4.69, 9.17) is 4.43 Å². The van der Waals surface area contributed by atoms with Crippen molar-refractivity contribution in [1.29, 1.82) is 0 Å². The van der Waals surface area contributed by atoms with Crippen LogP contribution in [0.1, 0.15) is 54.4 Å². The molecule has 0 aromatic heterocycles. The molecule has 0 amide bonds. The molecule has 0 heterocycles. The molecule has 0 fully saturated rings. The van der Waals surface area contributed by atoms with Crippen LogP contribution in [0, 0.1) is 5.41 Å². The van der Waals surface area contributed by atoms with E-state index < -0.39 is 8.32 Å². The van der Waals surface area contributed by atoms with Crippen LogP contribution in [0.5, 0.6) is 0 Å². The predicted octanol–water partition coefficient (Wildman–Crippen LogP) is 4.51. The summed E-state index contributed by atoms with van der Waals surface area (Å²) in [5, 5.41) is 9.91. The Bertz CT molecular complexity index is 361. The lowest BCUT2D eigenvalue weighted by Gasteiger charge is -2.44. The molecule has 2 nitrogen and oxygen atoms in total. The molecule has 0 saturated heterocycles. The lowest BCUT2D eigenvalue weighted by atomic mass is 9.72. The maximum Gasteiger partial charge on any atom is 0.192 e. The quantitative estimate of drug-likeness (QED) is 0.610. The fourth-order valence-corrected chi connectivity index (χ4v) is 3.97. The molecule has 0 aliphatic heterocycles. The van der Waals surface area contributed by atoms with Crippen molar-refractivity contribution >= 4 is 8.32 Å². The van der Waals surface area contributed by atoms with Crippen molar-refractivity contribution in [3.05, 3.63) is 11.1 Å². The van der Waals surface area contributed by atoms with Crippen molar-refractivity contribution < 1.29 is 9.53 Å². The van der Waals surface area contributed by atoms with E-state index in [2.05, 4.69) is 54.6 Å². The van der Waals surface area contributed by atoms with Crippen molar-refractivity contribution in [2.45, 2.75) is 78.6 Å². The number of hydrogen-bond acceptors (Lipinski definition) is 2. The molecular weight excluding hydrogens is 252 g/mol. The highest BCUT2D eigenvalue weighted by molar-refractivity contribution is 6.74. The van der Waals surface area contributed by atoms with E-state index in [-0.39, 0.29) is 23.2 Å². The molecule has 0 bridgehead atoms. The first kappa shape index (κ1) is 16.9. The number of aliphatic hydroxyl groups excluding tert-OH is 1. The van der Waals surface area contributed by atoms with Gasteiger partial charge in [0.25, 0.3) is 0 Å². The maximum atomic E-state index is 9.67. The molecule has 3 heteroatoms. The zero-order valence-corrected chi connectivity index (χ0v) is 15.1. The maximum absolute atomic E-state index is 9.67. The molecule has 112 valence electrons. The Morgan fingerprint density at radius 1 is 1.32 bits per heavy atom. The van der Waals surface area contributed by atoms with Crippen LogP contribution in [0.15, 0.2) is 11.1 Å². The van der Waals surface area contributed by atoms with Crippen LogP contribution in [0.25, 0.3) is 0 Å². The minimum absolute atomic E-state index is 0.117.